The first kappa shape index (κ1) is 14.2. The molecule has 0 saturated heterocycles. The number of hydrogen-bond donors (Lipinski definition) is 2. The van der Waals surface area contributed by atoms with Crippen LogP contribution in [-0.4, -0.2) is 28.4 Å². The molecule has 0 bridgehead atoms. The molecule has 0 fully saturated rings. The van der Waals surface area contributed by atoms with Gasteiger partial charge in [0.1, 0.15) is 5.75 Å². The molecule has 1 aromatic carbocycles. The van der Waals surface area contributed by atoms with Gasteiger partial charge in [-0.2, -0.15) is 0 Å². The van der Waals surface area contributed by atoms with Crippen LogP contribution in [-0.2, 0) is 0 Å². The standard InChI is InChI=1S/C14H21N3OS/c1-4-18-10-5-6-12-13(7-10)17-14(16-12)19-8-11(15)9(2)3/h5-7,9,11H,4,8,15H2,1-3H3,(H,16,17). The van der Waals surface area contributed by atoms with Crippen LogP contribution in [0.2, 0.25) is 0 Å². The van der Waals surface area contributed by atoms with Gasteiger partial charge in [0.15, 0.2) is 5.16 Å². The zero-order chi connectivity index (χ0) is 13.8. The molecule has 1 heterocycles. The Hall–Kier alpha value is -1.20. The highest BCUT2D eigenvalue weighted by Crippen LogP contribution is 2.24. The first-order valence-corrected chi connectivity index (χ1v) is 7.59. The van der Waals surface area contributed by atoms with E-state index in [-0.39, 0.29) is 6.04 Å². The van der Waals surface area contributed by atoms with Crippen LogP contribution in [0, 0.1) is 5.92 Å². The molecule has 2 rings (SSSR count). The third-order valence-electron chi connectivity index (χ3n) is 3.01. The van der Waals surface area contributed by atoms with E-state index < -0.39 is 0 Å². The van der Waals surface area contributed by atoms with Crippen molar-refractivity contribution in [3.63, 3.8) is 0 Å². The third-order valence-corrected chi connectivity index (χ3v) is 4.03. The van der Waals surface area contributed by atoms with Crippen molar-refractivity contribution in [3.05, 3.63) is 18.2 Å². The van der Waals surface area contributed by atoms with E-state index in [0.717, 1.165) is 27.7 Å². The number of ether oxygens (including phenoxy) is 1. The zero-order valence-corrected chi connectivity index (χ0v) is 12.5. The monoisotopic (exact) mass is 279 g/mol. The molecule has 0 aliphatic heterocycles. The van der Waals surface area contributed by atoms with Gasteiger partial charge in [0.25, 0.3) is 0 Å². The van der Waals surface area contributed by atoms with E-state index in [1.54, 1.807) is 11.8 Å². The Labute approximate surface area is 118 Å². The molecule has 0 radical (unpaired) electrons. The summed E-state index contributed by atoms with van der Waals surface area (Å²) in [5.41, 5.74) is 8.01. The van der Waals surface area contributed by atoms with Crippen molar-refractivity contribution in [2.24, 2.45) is 11.7 Å². The van der Waals surface area contributed by atoms with Crippen molar-refractivity contribution in [1.29, 1.82) is 0 Å². The Morgan fingerprint density at radius 3 is 2.89 bits per heavy atom. The van der Waals surface area contributed by atoms with Gasteiger partial charge in [-0.3, -0.25) is 0 Å². The average molecular weight is 279 g/mol. The lowest BCUT2D eigenvalue weighted by atomic mass is 10.1. The third kappa shape index (κ3) is 3.64. The summed E-state index contributed by atoms with van der Waals surface area (Å²) in [7, 11) is 0. The molecule has 0 amide bonds. The summed E-state index contributed by atoms with van der Waals surface area (Å²) in [6.07, 6.45) is 0. The maximum atomic E-state index is 6.04. The van der Waals surface area contributed by atoms with E-state index in [0.29, 0.717) is 12.5 Å². The van der Waals surface area contributed by atoms with Crippen LogP contribution >= 0.6 is 11.8 Å². The molecular weight excluding hydrogens is 258 g/mol. The Morgan fingerprint density at radius 1 is 1.42 bits per heavy atom. The van der Waals surface area contributed by atoms with E-state index in [9.17, 15) is 0 Å². The number of aromatic amines is 1. The number of thioether (sulfide) groups is 1. The Kier molecular flexibility index (Phi) is 4.71. The molecule has 104 valence electrons. The number of hydrogen-bond acceptors (Lipinski definition) is 4. The summed E-state index contributed by atoms with van der Waals surface area (Å²) in [5, 5.41) is 0.916. The summed E-state index contributed by atoms with van der Waals surface area (Å²) in [6, 6.07) is 6.10. The fourth-order valence-electron chi connectivity index (χ4n) is 1.66. The molecular formula is C14H21N3OS. The predicted molar refractivity (Wildman–Crippen MR) is 80.8 cm³/mol. The van der Waals surface area contributed by atoms with Gasteiger partial charge >= 0.3 is 0 Å². The van der Waals surface area contributed by atoms with Crippen LogP contribution in [0.1, 0.15) is 20.8 Å². The average Bonchev–Trinajstić information content (AvgIpc) is 2.78. The normalized spacial score (nSPS) is 13.1. The van der Waals surface area contributed by atoms with Gasteiger partial charge < -0.3 is 15.5 Å². The van der Waals surface area contributed by atoms with Gasteiger partial charge in [-0.1, -0.05) is 25.6 Å². The molecule has 3 N–H and O–H groups in total. The number of H-pyrrole nitrogens is 1. The fourth-order valence-corrected chi connectivity index (χ4v) is 2.74. The lowest BCUT2D eigenvalue weighted by Gasteiger charge is -2.13. The lowest BCUT2D eigenvalue weighted by molar-refractivity contribution is 0.340. The van der Waals surface area contributed by atoms with Crippen LogP contribution in [0.3, 0.4) is 0 Å². The number of rotatable bonds is 6. The van der Waals surface area contributed by atoms with Gasteiger partial charge in [-0.15, -0.1) is 0 Å². The van der Waals surface area contributed by atoms with Crippen molar-refractivity contribution >= 4 is 22.8 Å². The number of nitrogens with one attached hydrogen (secondary N) is 1. The summed E-state index contributed by atoms with van der Waals surface area (Å²) in [4.78, 5) is 7.85. The highest BCUT2D eigenvalue weighted by Gasteiger charge is 2.10. The number of nitrogens with two attached hydrogens (primary N) is 1. The number of imidazole rings is 1. The summed E-state index contributed by atoms with van der Waals surface area (Å²) in [5.74, 6) is 2.23. The second-order valence-corrected chi connectivity index (χ2v) is 5.88. The quantitative estimate of drug-likeness (QED) is 0.798. The molecule has 1 atom stereocenters. The highest BCUT2D eigenvalue weighted by atomic mass is 32.2. The van der Waals surface area contributed by atoms with Crippen molar-refractivity contribution in [3.8, 4) is 5.75 Å². The predicted octanol–water partition coefficient (Wildman–Crippen LogP) is 3.04. The Morgan fingerprint density at radius 2 is 2.21 bits per heavy atom. The van der Waals surface area contributed by atoms with Crippen molar-refractivity contribution in [1.82, 2.24) is 9.97 Å². The van der Waals surface area contributed by atoms with Gasteiger partial charge in [-0.05, 0) is 25.0 Å². The molecule has 4 nitrogen and oxygen atoms in total. The van der Waals surface area contributed by atoms with E-state index in [1.165, 1.54) is 0 Å². The summed E-state index contributed by atoms with van der Waals surface area (Å²) >= 11 is 1.67. The summed E-state index contributed by atoms with van der Waals surface area (Å²) < 4.78 is 5.48. The summed E-state index contributed by atoms with van der Waals surface area (Å²) in [6.45, 7) is 6.92. The fraction of sp³-hybridized carbons (Fsp3) is 0.500. The van der Waals surface area contributed by atoms with E-state index >= 15 is 0 Å². The van der Waals surface area contributed by atoms with Gasteiger partial charge in [0.2, 0.25) is 0 Å². The second-order valence-electron chi connectivity index (χ2n) is 4.87. The molecule has 0 aliphatic rings. The highest BCUT2D eigenvalue weighted by molar-refractivity contribution is 7.99. The number of nitrogens with zero attached hydrogens (tertiary/aromatic N) is 1. The van der Waals surface area contributed by atoms with Crippen LogP contribution in [0.4, 0.5) is 0 Å². The maximum absolute atomic E-state index is 6.04. The van der Waals surface area contributed by atoms with Crippen molar-refractivity contribution in [2.45, 2.75) is 32.0 Å². The maximum Gasteiger partial charge on any atom is 0.166 e. The molecule has 0 spiro atoms. The molecule has 2 aromatic rings. The minimum Gasteiger partial charge on any atom is -0.494 e. The van der Waals surface area contributed by atoms with Crippen LogP contribution < -0.4 is 10.5 Å². The van der Waals surface area contributed by atoms with Gasteiger partial charge in [-0.25, -0.2) is 4.98 Å². The number of fused-ring (bicyclic) bond motifs is 1. The molecule has 0 saturated carbocycles. The first-order valence-electron chi connectivity index (χ1n) is 6.61. The topological polar surface area (TPSA) is 63.9 Å². The number of benzene rings is 1. The smallest absolute Gasteiger partial charge is 0.166 e. The molecule has 0 aliphatic carbocycles. The number of aromatic nitrogens is 2. The SMILES string of the molecule is CCOc1ccc2nc(SCC(N)C(C)C)[nH]c2c1. The van der Waals surface area contributed by atoms with Crippen LogP contribution in [0.25, 0.3) is 11.0 Å². The van der Waals surface area contributed by atoms with E-state index in [4.69, 9.17) is 10.5 Å². The Bertz CT molecular complexity index is 538. The second kappa shape index (κ2) is 6.30. The molecule has 1 unspecified atom stereocenters. The van der Waals surface area contributed by atoms with Crippen molar-refractivity contribution in [2.75, 3.05) is 12.4 Å². The molecule has 1 aromatic heterocycles. The minimum absolute atomic E-state index is 0.192. The van der Waals surface area contributed by atoms with Gasteiger partial charge in [0.05, 0.1) is 17.6 Å². The van der Waals surface area contributed by atoms with Crippen molar-refractivity contribution < 1.29 is 4.74 Å². The van der Waals surface area contributed by atoms with Crippen LogP contribution in [0.5, 0.6) is 5.75 Å². The van der Waals surface area contributed by atoms with E-state index in [1.807, 2.05) is 25.1 Å². The van der Waals surface area contributed by atoms with E-state index in [2.05, 4.69) is 23.8 Å². The first-order chi connectivity index (χ1) is 9.10. The zero-order valence-electron chi connectivity index (χ0n) is 11.6. The largest absolute Gasteiger partial charge is 0.494 e. The molecule has 19 heavy (non-hydrogen) atoms. The van der Waals surface area contributed by atoms with Gasteiger partial charge in [0, 0.05) is 17.9 Å². The molecule has 5 heteroatoms. The Balaban J connectivity index is 2.08. The minimum atomic E-state index is 0.192. The lowest BCUT2D eigenvalue weighted by Crippen LogP contribution is -2.28. The van der Waals surface area contributed by atoms with Crippen LogP contribution in [0.15, 0.2) is 23.4 Å².